The summed E-state index contributed by atoms with van der Waals surface area (Å²) in [5.41, 5.74) is 6.10. The zero-order chi connectivity index (χ0) is 9.14. The highest BCUT2D eigenvalue weighted by Gasteiger charge is 2.10. The third-order valence-corrected chi connectivity index (χ3v) is 2.41. The van der Waals surface area contributed by atoms with Gasteiger partial charge in [-0.05, 0) is 27.6 Å². The van der Waals surface area contributed by atoms with E-state index in [1.54, 1.807) is 12.1 Å². The molecule has 0 aliphatic heterocycles. The number of benzene rings is 1. The molecule has 0 saturated heterocycles. The Hall–Kier alpha value is -0.160. The third kappa shape index (κ3) is 2.91. The number of hydrogen-bond acceptors (Lipinski definition) is 2. The van der Waals surface area contributed by atoms with Gasteiger partial charge < -0.3 is 10.8 Å². The first-order valence-corrected chi connectivity index (χ1v) is 4.26. The first kappa shape index (κ1) is 12.8. The van der Waals surface area contributed by atoms with Crippen molar-refractivity contribution in [3.05, 3.63) is 34.1 Å². The van der Waals surface area contributed by atoms with Crippen LogP contribution in [0.4, 0.5) is 4.39 Å². The Morgan fingerprint density at radius 2 is 2.15 bits per heavy atom. The minimum absolute atomic E-state index is 0. The molecular weight excluding hydrogens is 260 g/mol. The molecule has 2 nitrogen and oxygen atoms in total. The first-order valence-electron chi connectivity index (χ1n) is 3.47. The second-order valence-electron chi connectivity index (χ2n) is 2.43. The van der Waals surface area contributed by atoms with E-state index in [4.69, 9.17) is 10.8 Å². The monoisotopic (exact) mass is 269 g/mol. The molecule has 0 radical (unpaired) electrons. The zero-order valence-electron chi connectivity index (χ0n) is 6.71. The fourth-order valence-electron chi connectivity index (χ4n) is 0.905. The molecule has 13 heavy (non-hydrogen) atoms. The normalized spacial score (nSPS) is 12.0. The van der Waals surface area contributed by atoms with Crippen molar-refractivity contribution >= 4 is 28.3 Å². The summed E-state index contributed by atoms with van der Waals surface area (Å²) in [5, 5.41) is 8.74. The number of nitrogens with two attached hydrogens (primary N) is 1. The van der Waals surface area contributed by atoms with E-state index in [0.29, 0.717) is 10.0 Å². The van der Waals surface area contributed by atoms with Gasteiger partial charge in [0.05, 0.1) is 17.1 Å². The van der Waals surface area contributed by atoms with Gasteiger partial charge in [-0.15, -0.1) is 12.4 Å². The molecule has 0 unspecified atom stereocenters. The fraction of sp³-hybridized carbons (Fsp3) is 0.250. The summed E-state index contributed by atoms with van der Waals surface area (Å²) in [4.78, 5) is 0. The van der Waals surface area contributed by atoms with Crippen LogP contribution in [0.25, 0.3) is 0 Å². The molecule has 1 aromatic carbocycles. The van der Waals surface area contributed by atoms with Crippen LogP contribution in [0.2, 0.25) is 0 Å². The Bertz CT molecular complexity index is 285. The topological polar surface area (TPSA) is 46.2 Å². The Labute approximate surface area is 90.5 Å². The summed E-state index contributed by atoms with van der Waals surface area (Å²) >= 11 is 3.06. The van der Waals surface area contributed by atoms with E-state index in [1.807, 2.05) is 0 Å². The smallest absolute Gasteiger partial charge is 0.137 e. The SMILES string of the molecule is Cl.N[C@@H](CO)c1cccc(F)c1Br. The summed E-state index contributed by atoms with van der Waals surface area (Å²) in [6.45, 7) is -0.192. The maximum Gasteiger partial charge on any atom is 0.137 e. The highest BCUT2D eigenvalue weighted by Crippen LogP contribution is 2.24. The quantitative estimate of drug-likeness (QED) is 0.863. The minimum atomic E-state index is -0.532. The summed E-state index contributed by atoms with van der Waals surface area (Å²) in [7, 11) is 0. The molecule has 5 heteroatoms. The first-order chi connectivity index (χ1) is 5.66. The molecule has 0 heterocycles. The van der Waals surface area contributed by atoms with Crippen LogP contribution in [0.15, 0.2) is 22.7 Å². The van der Waals surface area contributed by atoms with Gasteiger partial charge in [-0.2, -0.15) is 0 Å². The van der Waals surface area contributed by atoms with Crippen LogP contribution in [0, 0.1) is 5.82 Å². The fourth-order valence-corrected chi connectivity index (χ4v) is 1.46. The van der Waals surface area contributed by atoms with Crippen molar-refractivity contribution in [2.75, 3.05) is 6.61 Å². The standard InChI is InChI=1S/C8H9BrFNO.ClH/c9-8-5(7(11)4-12)2-1-3-6(8)10;/h1-3,7,12H,4,11H2;1H/t7-;/m0./s1. The van der Waals surface area contributed by atoms with Crippen molar-refractivity contribution in [3.8, 4) is 0 Å². The molecule has 74 valence electrons. The van der Waals surface area contributed by atoms with E-state index < -0.39 is 6.04 Å². The Kier molecular flexibility index (Phi) is 5.48. The number of aliphatic hydroxyl groups is 1. The third-order valence-electron chi connectivity index (χ3n) is 1.58. The van der Waals surface area contributed by atoms with Crippen molar-refractivity contribution in [2.24, 2.45) is 5.73 Å². The highest BCUT2D eigenvalue weighted by atomic mass is 79.9. The second-order valence-corrected chi connectivity index (χ2v) is 3.23. The van der Waals surface area contributed by atoms with Crippen molar-refractivity contribution in [3.63, 3.8) is 0 Å². The largest absolute Gasteiger partial charge is 0.394 e. The van der Waals surface area contributed by atoms with Gasteiger partial charge in [-0.1, -0.05) is 12.1 Å². The maximum atomic E-state index is 12.9. The molecule has 0 aromatic heterocycles. The molecule has 0 spiro atoms. The lowest BCUT2D eigenvalue weighted by Crippen LogP contribution is -2.15. The van der Waals surface area contributed by atoms with E-state index in [0.717, 1.165) is 0 Å². The summed E-state index contributed by atoms with van der Waals surface area (Å²) in [5.74, 6) is -0.364. The molecule has 1 aromatic rings. The molecule has 0 aliphatic rings. The van der Waals surface area contributed by atoms with Gasteiger partial charge in [0.2, 0.25) is 0 Å². The maximum absolute atomic E-state index is 12.9. The molecule has 3 N–H and O–H groups in total. The molecule has 0 bridgehead atoms. The van der Waals surface area contributed by atoms with Gasteiger partial charge in [0.1, 0.15) is 5.82 Å². The lowest BCUT2D eigenvalue weighted by molar-refractivity contribution is 0.267. The second kappa shape index (κ2) is 5.54. The van der Waals surface area contributed by atoms with Crippen LogP contribution >= 0.6 is 28.3 Å². The molecule has 1 rings (SSSR count). The number of halogens is 3. The van der Waals surface area contributed by atoms with Crippen molar-refractivity contribution in [1.82, 2.24) is 0 Å². The molecule has 0 aliphatic carbocycles. The van der Waals surface area contributed by atoms with Gasteiger partial charge in [0.15, 0.2) is 0 Å². The minimum Gasteiger partial charge on any atom is -0.394 e. The van der Waals surface area contributed by atoms with Crippen LogP contribution in [0.1, 0.15) is 11.6 Å². The Morgan fingerprint density at radius 3 is 2.69 bits per heavy atom. The van der Waals surface area contributed by atoms with E-state index >= 15 is 0 Å². The Morgan fingerprint density at radius 1 is 1.54 bits per heavy atom. The number of aliphatic hydroxyl groups excluding tert-OH is 1. The molecule has 1 atom stereocenters. The van der Waals surface area contributed by atoms with Crippen LogP contribution in [0.3, 0.4) is 0 Å². The van der Waals surface area contributed by atoms with Gasteiger partial charge in [0, 0.05) is 0 Å². The van der Waals surface area contributed by atoms with Crippen LogP contribution in [-0.4, -0.2) is 11.7 Å². The highest BCUT2D eigenvalue weighted by molar-refractivity contribution is 9.10. The molecule has 0 saturated carbocycles. The number of rotatable bonds is 2. The van der Waals surface area contributed by atoms with E-state index in [2.05, 4.69) is 15.9 Å². The Balaban J connectivity index is 0.00000144. The molecule has 0 fully saturated rings. The van der Waals surface area contributed by atoms with Crippen molar-refractivity contribution in [1.29, 1.82) is 0 Å². The predicted molar refractivity (Wildman–Crippen MR) is 55.4 cm³/mol. The van der Waals surface area contributed by atoms with Crippen molar-refractivity contribution < 1.29 is 9.50 Å². The van der Waals surface area contributed by atoms with Gasteiger partial charge in [0.25, 0.3) is 0 Å². The summed E-state index contributed by atoms with van der Waals surface area (Å²) < 4.78 is 13.2. The van der Waals surface area contributed by atoms with E-state index in [-0.39, 0.29) is 24.8 Å². The summed E-state index contributed by atoms with van der Waals surface area (Å²) in [6.07, 6.45) is 0. The lowest BCUT2D eigenvalue weighted by atomic mass is 10.1. The van der Waals surface area contributed by atoms with Gasteiger partial charge in [-0.25, -0.2) is 4.39 Å². The van der Waals surface area contributed by atoms with Crippen molar-refractivity contribution in [2.45, 2.75) is 6.04 Å². The van der Waals surface area contributed by atoms with E-state index in [1.165, 1.54) is 6.07 Å². The van der Waals surface area contributed by atoms with E-state index in [9.17, 15) is 4.39 Å². The lowest BCUT2D eigenvalue weighted by Gasteiger charge is -2.10. The van der Waals surface area contributed by atoms with Gasteiger partial charge >= 0.3 is 0 Å². The van der Waals surface area contributed by atoms with Gasteiger partial charge in [-0.3, -0.25) is 0 Å². The average Bonchev–Trinajstić information content (AvgIpc) is 2.08. The molecule has 0 amide bonds. The zero-order valence-corrected chi connectivity index (χ0v) is 9.11. The van der Waals surface area contributed by atoms with Crippen LogP contribution in [0.5, 0.6) is 0 Å². The number of hydrogen-bond donors (Lipinski definition) is 2. The predicted octanol–water partition coefficient (Wildman–Crippen LogP) is 2.00. The van der Waals surface area contributed by atoms with Crippen LogP contribution in [-0.2, 0) is 0 Å². The van der Waals surface area contributed by atoms with Crippen LogP contribution < -0.4 is 5.73 Å². The average molecular weight is 271 g/mol. The summed E-state index contributed by atoms with van der Waals surface area (Å²) in [6, 6.07) is 4.03. The molecular formula is C8H10BrClFNO.